The van der Waals surface area contributed by atoms with E-state index >= 15 is 0 Å². The molecule has 1 aliphatic heterocycles. The quantitative estimate of drug-likeness (QED) is 0.888. The predicted octanol–water partition coefficient (Wildman–Crippen LogP) is 2.08. The molecule has 1 aliphatic carbocycles. The fourth-order valence-corrected chi connectivity index (χ4v) is 4.01. The van der Waals surface area contributed by atoms with E-state index in [0.29, 0.717) is 0 Å². The second-order valence-electron chi connectivity index (χ2n) is 6.95. The van der Waals surface area contributed by atoms with Crippen molar-refractivity contribution in [2.45, 2.75) is 24.9 Å². The van der Waals surface area contributed by atoms with Gasteiger partial charge >= 0.3 is 0 Å². The molecule has 1 atom stereocenters. The maximum atomic E-state index is 12.8. The number of carbonyl (C=O) groups is 2. The monoisotopic (exact) mass is 349 g/mol. The fraction of sp³-hybridized carbons (Fsp3) is 0.333. The van der Waals surface area contributed by atoms with Crippen molar-refractivity contribution in [2.75, 3.05) is 20.1 Å². The number of rotatable bonds is 4. The number of hydrogen-bond acceptors (Lipinski definition) is 3. The van der Waals surface area contributed by atoms with Crippen molar-refractivity contribution in [1.82, 2.24) is 15.5 Å². The largest absolute Gasteiger partial charge is 0.346 e. The Morgan fingerprint density at radius 3 is 2.27 bits per heavy atom. The van der Waals surface area contributed by atoms with Crippen LogP contribution in [-0.4, -0.2) is 42.9 Å². The average molecular weight is 349 g/mol. The molecule has 2 N–H and O–H groups in total. The van der Waals surface area contributed by atoms with Crippen LogP contribution in [0, 0.1) is 0 Å². The van der Waals surface area contributed by atoms with E-state index in [4.69, 9.17) is 0 Å². The van der Waals surface area contributed by atoms with Crippen LogP contribution in [0.15, 0.2) is 48.5 Å². The summed E-state index contributed by atoms with van der Waals surface area (Å²) in [6, 6.07) is 16.1. The Morgan fingerprint density at radius 2 is 1.69 bits per heavy atom. The van der Waals surface area contributed by atoms with Gasteiger partial charge in [-0.1, -0.05) is 48.5 Å². The number of hydrogen-bond donors (Lipinski definition) is 2. The van der Waals surface area contributed by atoms with E-state index in [1.54, 1.807) is 4.90 Å². The summed E-state index contributed by atoms with van der Waals surface area (Å²) in [4.78, 5) is 26.6. The Balaban J connectivity index is 1.51. The van der Waals surface area contributed by atoms with Crippen molar-refractivity contribution >= 4 is 11.8 Å². The van der Waals surface area contributed by atoms with Crippen LogP contribution in [0.5, 0.6) is 0 Å². The fourth-order valence-electron chi connectivity index (χ4n) is 4.01. The summed E-state index contributed by atoms with van der Waals surface area (Å²) in [5.74, 6) is -0.177. The molecule has 2 aromatic rings. The first-order chi connectivity index (χ1) is 12.7. The highest BCUT2D eigenvalue weighted by molar-refractivity contribution is 5.89. The van der Waals surface area contributed by atoms with E-state index in [9.17, 15) is 9.59 Å². The predicted molar refractivity (Wildman–Crippen MR) is 101 cm³/mol. The van der Waals surface area contributed by atoms with Crippen molar-refractivity contribution in [3.63, 3.8) is 0 Å². The molecule has 2 aliphatic rings. The first-order valence-corrected chi connectivity index (χ1v) is 9.12. The Morgan fingerprint density at radius 1 is 1.08 bits per heavy atom. The third-order valence-corrected chi connectivity index (χ3v) is 5.37. The Kier molecular flexibility index (Phi) is 4.47. The summed E-state index contributed by atoms with van der Waals surface area (Å²) in [5, 5.41) is 5.94. The first kappa shape index (κ1) is 16.8. The van der Waals surface area contributed by atoms with E-state index in [1.165, 1.54) is 11.1 Å². The standard InChI is InChI=1S/C21H23N3O2/c1-24(19(25)13-23-21(26)18-11-6-12-22-18)20-16-9-4-2-7-14(16)15-8-3-5-10-17(15)20/h2-5,7-10,18,20,22H,6,11-13H2,1H3,(H,23,26). The number of benzene rings is 2. The van der Waals surface area contributed by atoms with E-state index in [1.807, 2.05) is 31.3 Å². The minimum atomic E-state index is -0.166. The van der Waals surface area contributed by atoms with Crippen LogP contribution in [0.25, 0.3) is 11.1 Å². The maximum absolute atomic E-state index is 12.8. The maximum Gasteiger partial charge on any atom is 0.242 e. The normalized spacial score (nSPS) is 18.3. The lowest BCUT2D eigenvalue weighted by atomic mass is 10.0. The molecule has 1 saturated heterocycles. The third-order valence-electron chi connectivity index (χ3n) is 5.37. The first-order valence-electron chi connectivity index (χ1n) is 9.12. The van der Waals surface area contributed by atoms with Gasteiger partial charge in [0.15, 0.2) is 0 Å². The number of nitrogens with zero attached hydrogens (tertiary/aromatic N) is 1. The lowest BCUT2D eigenvalue weighted by Gasteiger charge is -2.27. The summed E-state index contributed by atoms with van der Waals surface area (Å²) in [7, 11) is 1.81. The molecule has 0 bridgehead atoms. The van der Waals surface area contributed by atoms with Crippen LogP contribution in [0.3, 0.4) is 0 Å². The van der Waals surface area contributed by atoms with Crippen LogP contribution in [0.4, 0.5) is 0 Å². The second-order valence-corrected chi connectivity index (χ2v) is 6.95. The van der Waals surface area contributed by atoms with Crippen molar-refractivity contribution in [1.29, 1.82) is 0 Å². The highest BCUT2D eigenvalue weighted by Crippen LogP contribution is 2.45. The zero-order chi connectivity index (χ0) is 18.1. The summed E-state index contributed by atoms with van der Waals surface area (Å²) in [5.41, 5.74) is 4.61. The summed E-state index contributed by atoms with van der Waals surface area (Å²) in [6.45, 7) is 0.885. The number of likely N-dealkylation sites (N-methyl/N-ethyl adjacent to an activating group) is 1. The van der Waals surface area contributed by atoms with Gasteiger partial charge in [-0.15, -0.1) is 0 Å². The molecule has 26 heavy (non-hydrogen) atoms. The van der Waals surface area contributed by atoms with Gasteiger partial charge in [0.1, 0.15) is 0 Å². The molecule has 4 rings (SSSR count). The smallest absolute Gasteiger partial charge is 0.242 e. The molecule has 0 radical (unpaired) electrons. The minimum Gasteiger partial charge on any atom is -0.346 e. The molecule has 134 valence electrons. The number of fused-ring (bicyclic) bond motifs is 3. The van der Waals surface area contributed by atoms with E-state index in [0.717, 1.165) is 30.5 Å². The van der Waals surface area contributed by atoms with Gasteiger partial charge in [0.2, 0.25) is 11.8 Å². The van der Waals surface area contributed by atoms with Gasteiger partial charge in [-0.3, -0.25) is 9.59 Å². The highest BCUT2D eigenvalue weighted by Gasteiger charge is 2.33. The lowest BCUT2D eigenvalue weighted by molar-refractivity contribution is -0.133. The number of amides is 2. The topological polar surface area (TPSA) is 61.4 Å². The third kappa shape index (κ3) is 2.88. The van der Waals surface area contributed by atoms with Gasteiger partial charge in [-0.05, 0) is 41.6 Å². The van der Waals surface area contributed by atoms with Crippen LogP contribution in [0.1, 0.15) is 30.0 Å². The van der Waals surface area contributed by atoms with Crippen molar-refractivity contribution in [3.8, 4) is 11.1 Å². The zero-order valence-corrected chi connectivity index (χ0v) is 14.9. The molecule has 0 saturated carbocycles. The zero-order valence-electron chi connectivity index (χ0n) is 14.9. The molecule has 0 aromatic heterocycles. The lowest BCUT2D eigenvalue weighted by Crippen LogP contribution is -2.45. The molecule has 0 spiro atoms. The minimum absolute atomic E-state index is 0.0222. The molecule has 1 unspecified atom stereocenters. The molecule has 2 aromatic carbocycles. The summed E-state index contributed by atoms with van der Waals surface area (Å²) >= 11 is 0. The summed E-state index contributed by atoms with van der Waals surface area (Å²) in [6.07, 6.45) is 1.83. The Bertz CT molecular complexity index is 797. The summed E-state index contributed by atoms with van der Waals surface area (Å²) < 4.78 is 0. The molecule has 2 amide bonds. The van der Waals surface area contributed by atoms with Crippen molar-refractivity contribution in [2.24, 2.45) is 0 Å². The molecular formula is C21H23N3O2. The highest BCUT2D eigenvalue weighted by atomic mass is 16.2. The van der Waals surface area contributed by atoms with Crippen molar-refractivity contribution < 1.29 is 9.59 Å². The van der Waals surface area contributed by atoms with E-state index in [2.05, 4.69) is 34.9 Å². The van der Waals surface area contributed by atoms with Crippen LogP contribution >= 0.6 is 0 Å². The van der Waals surface area contributed by atoms with Gasteiger partial charge in [0.05, 0.1) is 18.6 Å². The van der Waals surface area contributed by atoms with Crippen LogP contribution < -0.4 is 10.6 Å². The average Bonchev–Trinajstić information content (AvgIpc) is 3.31. The number of carbonyl (C=O) groups excluding carboxylic acids is 2. The van der Waals surface area contributed by atoms with Gasteiger partial charge in [0.25, 0.3) is 0 Å². The Labute approximate surface area is 153 Å². The van der Waals surface area contributed by atoms with E-state index in [-0.39, 0.29) is 30.4 Å². The molecule has 1 fully saturated rings. The molecule has 5 nitrogen and oxygen atoms in total. The van der Waals surface area contributed by atoms with Gasteiger partial charge < -0.3 is 15.5 Å². The van der Waals surface area contributed by atoms with E-state index < -0.39 is 0 Å². The van der Waals surface area contributed by atoms with Crippen molar-refractivity contribution in [3.05, 3.63) is 59.7 Å². The second kappa shape index (κ2) is 6.92. The Hall–Kier alpha value is -2.66. The molecule has 1 heterocycles. The van der Waals surface area contributed by atoms with Crippen LogP contribution in [0.2, 0.25) is 0 Å². The number of nitrogens with one attached hydrogen (secondary N) is 2. The molecule has 5 heteroatoms. The molecular weight excluding hydrogens is 326 g/mol. The van der Waals surface area contributed by atoms with Gasteiger partial charge in [-0.2, -0.15) is 0 Å². The van der Waals surface area contributed by atoms with Gasteiger partial charge in [-0.25, -0.2) is 0 Å². The van der Waals surface area contributed by atoms with Gasteiger partial charge in [0, 0.05) is 7.05 Å². The SMILES string of the molecule is CN(C(=O)CNC(=O)C1CCCN1)C1c2ccccc2-c2ccccc21. The van der Waals surface area contributed by atoms with Crippen LogP contribution in [-0.2, 0) is 9.59 Å².